The minimum Gasteiger partial charge on any atom is -0.324 e. The molecule has 128 valence electrons. The maximum atomic E-state index is 13.1. The van der Waals surface area contributed by atoms with Crippen LogP contribution in [0.15, 0.2) is 48.5 Å². The number of nitrogens with one attached hydrogen (secondary N) is 2. The lowest BCUT2D eigenvalue weighted by Crippen LogP contribution is -2.16. The fourth-order valence-corrected chi connectivity index (χ4v) is 3.13. The number of anilines is 1. The number of carbonyl (C=O) groups excluding carboxylic acids is 1. The Hall–Kier alpha value is -2.83. The largest absolute Gasteiger partial charge is 0.416 e. The smallest absolute Gasteiger partial charge is 0.324 e. The molecule has 3 aromatic rings. The number of benzene rings is 2. The molecule has 2 unspecified atom stereocenters. The van der Waals surface area contributed by atoms with E-state index >= 15 is 0 Å². The summed E-state index contributed by atoms with van der Waals surface area (Å²) in [6.07, 6.45) is -4.02. The molecule has 0 radical (unpaired) electrons. The number of carbonyl (C=O) groups is 1. The fourth-order valence-electron chi connectivity index (χ4n) is 3.13. The van der Waals surface area contributed by atoms with E-state index in [1.165, 1.54) is 12.1 Å². The van der Waals surface area contributed by atoms with E-state index < -0.39 is 23.6 Å². The normalized spacial score (nSPS) is 19.8. The van der Waals surface area contributed by atoms with Gasteiger partial charge in [0.2, 0.25) is 11.9 Å². The highest BCUT2D eigenvalue weighted by molar-refractivity contribution is 5.95. The lowest BCUT2D eigenvalue weighted by molar-refractivity contribution is -0.138. The van der Waals surface area contributed by atoms with Gasteiger partial charge in [0, 0.05) is 5.92 Å². The van der Waals surface area contributed by atoms with Crippen LogP contribution in [0.2, 0.25) is 0 Å². The Balaban J connectivity index is 1.51. The van der Waals surface area contributed by atoms with Gasteiger partial charge in [0.15, 0.2) is 0 Å². The van der Waals surface area contributed by atoms with Gasteiger partial charge in [0.25, 0.3) is 0 Å². The topological polar surface area (TPSA) is 57.8 Å². The summed E-state index contributed by atoms with van der Waals surface area (Å²) >= 11 is 0. The second kappa shape index (κ2) is 5.61. The van der Waals surface area contributed by atoms with Crippen molar-refractivity contribution in [1.29, 1.82) is 0 Å². The number of hydrogen-bond acceptors (Lipinski definition) is 2. The zero-order valence-corrected chi connectivity index (χ0v) is 13.0. The molecule has 1 aromatic heterocycles. The summed E-state index contributed by atoms with van der Waals surface area (Å²) in [6, 6.07) is 12.7. The van der Waals surface area contributed by atoms with Gasteiger partial charge in [-0.2, -0.15) is 13.2 Å². The Kier molecular flexibility index (Phi) is 3.52. The number of aromatic amines is 1. The van der Waals surface area contributed by atoms with Gasteiger partial charge < -0.3 is 4.98 Å². The first kappa shape index (κ1) is 15.7. The van der Waals surface area contributed by atoms with E-state index in [1.807, 2.05) is 18.2 Å². The third kappa shape index (κ3) is 2.97. The summed E-state index contributed by atoms with van der Waals surface area (Å²) in [5, 5.41) is 2.66. The van der Waals surface area contributed by atoms with Gasteiger partial charge in [-0.3, -0.25) is 10.1 Å². The number of para-hydroxylation sites is 2. The summed E-state index contributed by atoms with van der Waals surface area (Å²) < 4.78 is 39.3. The van der Waals surface area contributed by atoms with Crippen LogP contribution in [0, 0.1) is 5.92 Å². The van der Waals surface area contributed by atoms with E-state index in [0.29, 0.717) is 17.9 Å². The molecule has 1 aliphatic carbocycles. The SMILES string of the molecule is O=C(Nc1nc2ccccc2[nH]1)C1CC1c1ccccc1C(F)(F)F. The van der Waals surface area contributed by atoms with E-state index in [4.69, 9.17) is 0 Å². The number of aromatic nitrogens is 2. The predicted octanol–water partition coefficient (Wildman–Crippen LogP) is 4.32. The van der Waals surface area contributed by atoms with Crippen LogP contribution in [0.3, 0.4) is 0 Å². The molecule has 1 amide bonds. The molecule has 2 atom stereocenters. The zero-order chi connectivity index (χ0) is 17.6. The summed E-state index contributed by atoms with van der Waals surface area (Å²) in [4.78, 5) is 19.6. The van der Waals surface area contributed by atoms with Crippen molar-refractivity contribution in [2.24, 2.45) is 5.92 Å². The molecular formula is C18H14F3N3O. The lowest BCUT2D eigenvalue weighted by Gasteiger charge is -2.12. The number of amides is 1. The molecule has 1 aliphatic rings. The summed E-state index contributed by atoms with van der Waals surface area (Å²) in [7, 11) is 0. The van der Waals surface area contributed by atoms with E-state index in [-0.39, 0.29) is 11.5 Å². The number of imidazole rings is 1. The first-order valence-corrected chi connectivity index (χ1v) is 7.85. The Morgan fingerprint density at radius 2 is 1.84 bits per heavy atom. The van der Waals surface area contributed by atoms with Gasteiger partial charge in [-0.25, -0.2) is 4.98 Å². The number of nitrogens with zero attached hydrogens (tertiary/aromatic N) is 1. The van der Waals surface area contributed by atoms with Crippen LogP contribution in [0.5, 0.6) is 0 Å². The molecule has 0 saturated heterocycles. The van der Waals surface area contributed by atoms with Crippen LogP contribution in [-0.4, -0.2) is 15.9 Å². The molecule has 1 heterocycles. The number of hydrogen-bond donors (Lipinski definition) is 2. The third-order valence-electron chi connectivity index (χ3n) is 4.42. The maximum absolute atomic E-state index is 13.1. The van der Waals surface area contributed by atoms with Gasteiger partial charge in [0.05, 0.1) is 16.6 Å². The first-order valence-electron chi connectivity index (χ1n) is 7.85. The number of rotatable bonds is 3. The van der Waals surface area contributed by atoms with Crippen molar-refractivity contribution < 1.29 is 18.0 Å². The van der Waals surface area contributed by atoms with Gasteiger partial charge in [-0.15, -0.1) is 0 Å². The molecule has 4 rings (SSSR count). The Morgan fingerprint density at radius 3 is 2.60 bits per heavy atom. The van der Waals surface area contributed by atoms with Crippen molar-refractivity contribution >= 4 is 22.9 Å². The molecule has 0 bridgehead atoms. The van der Waals surface area contributed by atoms with Crippen LogP contribution in [-0.2, 0) is 11.0 Å². The first-order chi connectivity index (χ1) is 11.9. The van der Waals surface area contributed by atoms with Crippen molar-refractivity contribution in [2.45, 2.75) is 18.5 Å². The zero-order valence-electron chi connectivity index (χ0n) is 13.0. The lowest BCUT2D eigenvalue weighted by atomic mass is 10.0. The maximum Gasteiger partial charge on any atom is 0.416 e. The van der Waals surface area contributed by atoms with Crippen LogP contribution in [0.4, 0.5) is 19.1 Å². The van der Waals surface area contributed by atoms with E-state index in [2.05, 4.69) is 15.3 Å². The molecule has 2 N–H and O–H groups in total. The Morgan fingerprint density at radius 1 is 1.12 bits per heavy atom. The van der Waals surface area contributed by atoms with Crippen molar-refractivity contribution in [1.82, 2.24) is 9.97 Å². The van der Waals surface area contributed by atoms with E-state index in [0.717, 1.165) is 11.6 Å². The van der Waals surface area contributed by atoms with Crippen LogP contribution >= 0.6 is 0 Å². The molecule has 1 saturated carbocycles. The molecule has 1 fully saturated rings. The van der Waals surface area contributed by atoms with E-state index in [1.54, 1.807) is 12.1 Å². The fraction of sp³-hybridized carbons (Fsp3) is 0.222. The standard InChI is InChI=1S/C18H14F3N3O/c19-18(20,21)13-6-2-1-5-10(13)11-9-12(11)16(25)24-17-22-14-7-3-4-8-15(14)23-17/h1-8,11-12H,9H2,(H2,22,23,24,25). The molecule has 25 heavy (non-hydrogen) atoms. The number of alkyl halides is 3. The van der Waals surface area contributed by atoms with Crippen LogP contribution in [0.25, 0.3) is 11.0 Å². The average molecular weight is 345 g/mol. The monoisotopic (exact) mass is 345 g/mol. The minimum absolute atomic E-state index is 0.180. The summed E-state index contributed by atoms with van der Waals surface area (Å²) in [6.45, 7) is 0. The molecule has 0 aliphatic heterocycles. The van der Waals surface area contributed by atoms with Gasteiger partial charge in [-0.05, 0) is 36.1 Å². The summed E-state index contributed by atoms with van der Waals surface area (Å²) in [5.41, 5.74) is 1.01. The van der Waals surface area contributed by atoms with Crippen molar-refractivity contribution in [2.75, 3.05) is 5.32 Å². The second-order valence-corrected chi connectivity index (χ2v) is 6.13. The minimum atomic E-state index is -4.42. The summed E-state index contributed by atoms with van der Waals surface area (Å²) in [5.74, 6) is -0.902. The Bertz CT molecular complexity index is 915. The molecule has 7 heteroatoms. The molecular weight excluding hydrogens is 331 g/mol. The highest BCUT2D eigenvalue weighted by Gasteiger charge is 2.48. The van der Waals surface area contributed by atoms with E-state index in [9.17, 15) is 18.0 Å². The van der Waals surface area contributed by atoms with Crippen LogP contribution < -0.4 is 5.32 Å². The van der Waals surface area contributed by atoms with Gasteiger partial charge in [-0.1, -0.05) is 30.3 Å². The molecule has 0 spiro atoms. The Labute approximate surface area is 141 Å². The average Bonchev–Trinajstić information content (AvgIpc) is 3.27. The number of fused-ring (bicyclic) bond motifs is 1. The number of halogens is 3. The van der Waals surface area contributed by atoms with Crippen molar-refractivity contribution in [3.63, 3.8) is 0 Å². The highest BCUT2D eigenvalue weighted by Crippen LogP contribution is 2.51. The van der Waals surface area contributed by atoms with Gasteiger partial charge in [0.1, 0.15) is 0 Å². The quantitative estimate of drug-likeness (QED) is 0.743. The predicted molar refractivity (Wildman–Crippen MR) is 87.0 cm³/mol. The number of H-pyrrole nitrogens is 1. The third-order valence-corrected chi connectivity index (χ3v) is 4.42. The van der Waals surface area contributed by atoms with Gasteiger partial charge >= 0.3 is 6.18 Å². The van der Waals surface area contributed by atoms with Crippen molar-refractivity contribution in [3.05, 3.63) is 59.7 Å². The van der Waals surface area contributed by atoms with Crippen molar-refractivity contribution in [3.8, 4) is 0 Å². The highest BCUT2D eigenvalue weighted by atomic mass is 19.4. The second-order valence-electron chi connectivity index (χ2n) is 6.13. The van der Waals surface area contributed by atoms with Crippen LogP contribution in [0.1, 0.15) is 23.5 Å². The molecule has 4 nitrogen and oxygen atoms in total. The molecule has 2 aromatic carbocycles.